The number of hydrogen-bond acceptors (Lipinski definition) is 9. The third kappa shape index (κ3) is 3.22. The van der Waals surface area contributed by atoms with Crippen LogP contribution in [0.1, 0.15) is 22.4 Å². The topological polar surface area (TPSA) is 102 Å². The van der Waals surface area contributed by atoms with Gasteiger partial charge < -0.3 is 28.1 Å². The number of furan rings is 1. The van der Waals surface area contributed by atoms with E-state index in [0.29, 0.717) is 11.5 Å². The summed E-state index contributed by atoms with van der Waals surface area (Å²) < 4.78 is 32.1. The van der Waals surface area contributed by atoms with E-state index in [1.807, 2.05) is 0 Å². The fraction of sp³-hybridized carbons (Fsp3) is 0.167. The highest BCUT2D eigenvalue weighted by Gasteiger charge is 2.33. The second kappa shape index (κ2) is 6.87. The van der Waals surface area contributed by atoms with Gasteiger partial charge in [-0.05, 0) is 24.3 Å². The summed E-state index contributed by atoms with van der Waals surface area (Å²) in [6.45, 7) is 0. The van der Waals surface area contributed by atoms with Crippen LogP contribution in [0.25, 0.3) is 0 Å². The van der Waals surface area contributed by atoms with E-state index < -0.39 is 12.3 Å². The maximum Gasteiger partial charge on any atom is 0.349 e. The highest BCUT2D eigenvalue weighted by atomic mass is 16.7. The third-order valence-corrected chi connectivity index (χ3v) is 3.69. The Labute approximate surface area is 153 Å². The summed E-state index contributed by atoms with van der Waals surface area (Å²) in [6.07, 6.45) is 0.498. The van der Waals surface area contributed by atoms with Crippen molar-refractivity contribution in [2.75, 3.05) is 14.2 Å². The molecule has 0 saturated carbocycles. The summed E-state index contributed by atoms with van der Waals surface area (Å²) in [4.78, 5) is 20.7. The molecule has 9 nitrogen and oxygen atoms in total. The van der Waals surface area contributed by atoms with Gasteiger partial charge in [0, 0.05) is 0 Å². The average Bonchev–Trinajstić information content (AvgIpc) is 3.22. The molecule has 0 amide bonds. The smallest absolute Gasteiger partial charge is 0.349 e. The van der Waals surface area contributed by atoms with Crippen LogP contribution in [0.2, 0.25) is 0 Å². The molecule has 0 spiro atoms. The van der Waals surface area contributed by atoms with Gasteiger partial charge in [0.05, 0.1) is 26.5 Å². The van der Waals surface area contributed by atoms with Gasteiger partial charge in [-0.3, -0.25) is 0 Å². The van der Waals surface area contributed by atoms with Crippen LogP contribution in [0.3, 0.4) is 0 Å². The molecule has 0 radical (unpaired) electrons. The van der Waals surface area contributed by atoms with Crippen molar-refractivity contribution in [2.45, 2.75) is 6.29 Å². The molecule has 1 atom stereocenters. The van der Waals surface area contributed by atoms with Crippen LogP contribution in [0, 0.1) is 0 Å². The predicted molar refractivity (Wildman–Crippen MR) is 89.1 cm³/mol. The van der Waals surface area contributed by atoms with E-state index in [-0.39, 0.29) is 29.1 Å². The van der Waals surface area contributed by atoms with Crippen LogP contribution in [0.5, 0.6) is 29.3 Å². The molecule has 0 saturated heterocycles. The van der Waals surface area contributed by atoms with Gasteiger partial charge in [-0.15, -0.1) is 0 Å². The van der Waals surface area contributed by atoms with Gasteiger partial charge in [0.15, 0.2) is 5.76 Å². The van der Waals surface area contributed by atoms with E-state index in [0.717, 1.165) is 0 Å². The molecule has 27 heavy (non-hydrogen) atoms. The molecule has 138 valence electrons. The van der Waals surface area contributed by atoms with Gasteiger partial charge in [0.1, 0.15) is 17.1 Å². The Kier molecular flexibility index (Phi) is 4.25. The standard InChI is InChI=1S/C18H14N2O7/c1-22-13-9-14(23-2)20-18(19-13)26-11-6-3-5-10-15(11)16(21)27-17(25-10)12-7-4-8-24-12/h3-9,17H,1-2H3. The van der Waals surface area contributed by atoms with Crippen molar-refractivity contribution in [3.63, 3.8) is 0 Å². The summed E-state index contributed by atoms with van der Waals surface area (Å²) in [7, 11) is 2.91. The van der Waals surface area contributed by atoms with Crippen LogP contribution >= 0.6 is 0 Å². The molecule has 1 unspecified atom stereocenters. The van der Waals surface area contributed by atoms with Crippen molar-refractivity contribution < 1.29 is 32.9 Å². The second-order valence-corrected chi connectivity index (χ2v) is 5.34. The summed E-state index contributed by atoms with van der Waals surface area (Å²) in [6, 6.07) is 9.65. The maximum absolute atomic E-state index is 12.5. The first kappa shape index (κ1) is 16.7. The van der Waals surface area contributed by atoms with E-state index in [1.165, 1.54) is 26.5 Å². The Balaban J connectivity index is 1.67. The number of rotatable bonds is 5. The van der Waals surface area contributed by atoms with Gasteiger partial charge in [-0.25, -0.2) is 4.79 Å². The van der Waals surface area contributed by atoms with Crippen molar-refractivity contribution in [1.29, 1.82) is 0 Å². The van der Waals surface area contributed by atoms with Gasteiger partial charge >= 0.3 is 18.3 Å². The van der Waals surface area contributed by atoms with Gasteiger partial charge in [-0.2, -0.15) is 9.97 Å². The molecule has 0 bridgehead atoms. The van der Waals surface area contributed by atoms with Crippen molar-refractivity contribution in [2.24, 2.45) is 0 Å². The normalized spacial score (nSPS) is 15.3. The lowest BCUT2D eigenvalue weighted by atomic mass is 10.1. The zero-order valence-corrected chi connectivity index (χ0v) is 14.4. The fourth-order valence-electron chi connectivity index (χ4n) is 2.47. The number of carbonyl (C=O) groups excluding carboxylic acids is 1. The van der Waals surface area contributed by atoms with E-state index in [1.54, 1.807) is 30.3 Å². The summed E-state index contributed by atoms with van der Waals surface area (Å²) in [5.41, 5.74) is 0.116. The maximum atomic E-state index is 12.5. The third-order valence-electron chi connectivity index (χ3n) is 3.69. The Morgan fingerprint density at radius 1 is 1.00 bits per heavy atom. The molecule has 3 aromatic rings. The molecule has 1 aliphatic rings. The lowest BCUT2D eigenvalue weighted by molar-refractivity contribution is -0.0734. The zero-order valence-electron chi connectivity index (χ0n) is 14.4. The Hall–Kier alpha value is -3.75. The molecule has 0 aliphatic carbocycles. The molecule has 1 aliphatic heterocycles. The SMILES string of the molecule is COc1cc(OC)nc(Oc2cccc3c2C(=O)OC(c2ccco2)O3)n1. The largest absolute Gasteiger partial charge is 0.481 e. The zero-order chi connectivity index (χ0) is 18.8. The minimum Gasteiger partial charge on any atom is -0.481 e. The summed E-state index contributed by atoms with van der Waals surface area (Å²) in [5, 5.41) is 0. The number of hydrogen-bond donors (Lipinski definition) is 0. The molecule has 3 heterocycles. The summed E-state index contributed by atoms with van der Waals surface area (Å²) in [5.74, 6) is 0.715. The number of cyclic esters (lactones) is 1. The van der Waals surface area contributed by atoms with Crippen LogP contribution in [-0.2, 0) is 4.74 Å². The van der Waals surface area contributed by atoms with Crippen LogP contribution < -0.4 is 18.9 Å². The number of esters is 1. The van der Waals surface area contributed by atoms with Crippen molar-refractivity contribution in [3.05, 3.63) is 54.0 Å². The molecule has 4 rings (SSSR count). The van der Waals surface area contributed by atoms with E-state index in [9.17, 15) is 4.79 Å². The average molecular weight is 370 g/mol. The summed E-state index contributed by atoms with van der Waals surface area (Å²) >= 11 is 0. The van der Waals surface area contributed by atoms with Crippen molar-refractivity contribution >= 4 is 5.97 Å². The van der Waals surface area contributed by atoms with Crippen molar-refractivity contribution in [3.8, 4) is 29.3 Å². The molecular formula is C18H14N2O7. The molecule has 0 fully saturated rings. The number of aromatic nitrogens is 2. The number of methoxy groups -OCH3 is 2. The first-order chi connectivity index (χ1) is 13.2. The monoisotopic (exact) mass is 370 g/mol. The molecule has 0 N–H and O–H groups in total. The Morgan fingerprint density at radius 2 is 1.78 bits per heavy atom. The van der Waals surface area contributed by atoms with Gasteiger partial charge in [-0.1, -0.05) is 6.07 Å². The first-order valence-electron chi connectivity index (χ1n) is 7.87. The number of fused-ring (bicyclic) bond motifs is 1. The molecular weight excluding hydrogens is 356 g/mol. The lowest BCUT2D eigenvalue weighted by Gasteiger charge is -2.25. The Morgan fingerprint density at radius 3 is 2.44 bits per heavy atom. The second-order valence-electron chi connectivity index (χ2n) is 5.34. The van der Waals surface area contributed by atoms with Crippen LogP contribution in [-0.4, -0.2) is 30.2 Å². The van der Waals surface area contributed by atoms with Crippen LogP contribution in [0.15, 0.2) is 47.1 Å². The van der Waals surface area contributed by atoms with E-state index >= 15 is 0 Å². The van der Waals surface area contributed by atoms with E-state index in [2.05, 4.69) is 9.97 Å². The minimum atomic E-state index is -0.969. The predicted octanol–water partition coefficient (Wildman–Crippen LogP) is 3.13. The van der Waals surface area contributed by atoms with Gasteiger partial charge in [0.2, 0.25) is 11.8 Å². The van der Waals surface area contributed by atoms with Crippen LogP contribution in [0.4, 0.5) is 0 Å². The van der Waals surface area contributed by atoms with E-state index in [4.69, 9.17) is 28.1 Å². The molecule has 1 aromatic carbocycles. The highest BCUT2D eigenvalue weighted by Crippen LogP contribution is 2.39. The quantitative estimate of drug-likeness (QED) is 0.627. The lowest BCUT2D eigenvalue weighted by Crippen LogP contribution is -2.23. The number of carbonyl (C=O) groups is 1. The minimum absolute atomic E-state index is 0.0550. The number of ether oxygens (including phenoxy) is 5. The molecule has 2 aromatic heterocycles. The highest BCUT2D eigenvalue weighted by molar-refractivity contribution is 5.96. The number of nitrogens with zero attached hydrogens (tertiary/aromatic N) is 2. The Bertz CT molecular complexity index is 950. The van der Waals surface area contributed by atoms with Gasteiger partial charge in [0.25, 0.3) is 0 Å². The molecule has 9 heteroatoms. The van der Waals surface area contributed by atoms with Crippen molar-refractivity contribution in [1.82, 2.24) is 9.97 Å². The fourth-order valence-corrected chi connectivity index (χ4v) is 2.47. The number of benzene rings is 1. The first-order valence-corrected chi connectivity index (χ1v) is 7.87.